The van der Waals surface area contributed by atoms with Crippen molar-refractivity contribution in [2.24, 2.45) is 0 Å². The lowest BCUT2D eigenvalue weighted by Gasteiger charge is -2.17. The summed E-state index contributed by atoms with van der Waals surface area (Å²) in [6, 6.07) is 9.66. The molecule has 0 atom stereocenters. The van der Waals surface area contributed by atoms with Gasteiger partial charge in [0, 0.05) is 25.7 Å². The van der Waals surface area contributed by atoms with Crippen molar-refractivity contribution in [2.45, 2.75) is 38.9 Å². The maximum Gasteiger partial charge on any atom is 0.0234 e. The monoisotopic (exact) mass is 244 g/mol. The van der Waals surface area contributed by atoms with Crippen LogP contribution >= 0.6 is 0 Å². The van der Waals surface area contributed by atoms with Crippen molar-refractivity contribution in [3.05, 3.63) is 47.5 Å². The summed E-state index contributed by atoms with van der Waals surface area (Å²) < 4.78 is 0. The zero-order valence-electron chi connectivity index (χ0n) is 11.6. The second kappa shape index (κ2) is 6.17. The molecule has 1 N–H and O–H groups in total. The highest BCUT2D eigenvalue weighted by atomic mass is 15.1. The summed E-state index contributed by atoms with van der Waals surface area (Å²) in [5, 5.41) is 3.56. The van der Waals surface area contributed by atoms with Gasteiger partial charge in [-0.05, 0) is 37.9 Å². The minimum Gasteiger partial charge on any atom is -0.310 e. The van der Waals surface area contributed by atoms with E-state index in [2.05, 4.69) is 55.0 Å². The molecule has 0 aromatic heterocycles. The molecule has 2 nitrogen and oxygen atoms in total. The number of nitrogens with zero attached hydrogens (tertiary/aromatic N) is 1. The van der Waals surface area contributed by atoms with Gasteiger partial charge in [-0.15, -0.1) is 0 Å². The van der Waals surface area contributed by atoms with Gasteiger partial charge in [0.05, 0.1) is 0 Å². The van der Waals surface area contributed by atoms with E-state index in [4.69, 9.17) is 0 Å². The minimum atomic E-state index is 0.778. The first-order valence-corrected chi connectivity index (χ1v) is 6.77. The van der Waals surface area contributed by atoms with Gasteiger partial charge in [0.25, 0.3) is 0 Å². The molecule has 1 aliphatic carbocycles. The summed E-state index contributed by atoms with van der Waals surface area (Å²) in [5.41, 5.74) is 3.99. The maximum absolute atomic E-state index is 3.96. The highest BCUT2D eigenvalue weighted by Crippen LogP contribution is 2.19. The van der Waals surface area contributed by atoms with Gasteiger partial charge in [-0.3, -0.25) is 4.90 Å². The molecule has 0 amide bonds. The zero-order valence-corrected chi connectivity index (χ0v) is 11.6. The summed E-state index contributed by atoms with van der Waals surface area (Å²) in [4.78, 5) is 2.30. The summed E-state index contributed by atoms with van der Waals surface area (Å²) in [7, 11) is 2.14. The van der Waals surface area contributed by atoms with Crippen LogP contribution in [0.25, 0.3) is 0 Å². The molecular formula is C16H24N2. The van der Waals surface area contributed by atoms with Crippen LogP contribution in [0.3, 0.4) is 0 Å². The molecule has 18 heavy (non-hydrogen) atoms. The lowest BCUT2D eigenvalue weighted by atomic mass is 10.1. The van der Waals surface area contributed by atoms with Gasteiger partial charge in [0.1, 0.15) is 0 Å². The Morgan fingerprint density at radius 1 is 1.39 bits per heavy atom. The average Bonchev–Trinajstić information content (AvgIpc) is 3.09. The minimum absolute atomic E-state index is 0.778. The molecule has 0 bridgehead atoms. The Morgan fingerprint density at radius 2 is 2.11 bits per heavy atom. The summed E-state index contributed by atoms with van der Waals surface area (Å²) in [5.74, 6) is 0. The molecule has 1 aliphatic rings. The highest BCUT2D eigenvalue weighted by Gasteiger charge is 2.19. The van der Waals surface area contributed by atoms with Crippen molar-refractivity contribution >= 4 is 0 Å². The number of benzene rings is 1. The molecule has 0 aliphatic heterocycles. The largest absolute Gasteiger partial charge is 0.310 e. The summed E-state index contributed by atoms with van der Waals surface area (Å²) >= 11 is 0. The second-order valence-corrected chi connectivity index (χ2v) is 5.60. The molecule has 0 saturated heterocycles. The average molecular weight is 244 g/mol. The normalized spacial score (nSPS) is 15.1. The van der Waals surface area contributed by atoms with E-state index in [9.17, 15) is 0 Å². The molecule has 98 valence electrons. The van der Waals surface area contributed by atoms with Crippen LogP contribution < -0.4 is 5.32 Å². The highest BCUT2D eigenvalue weighted by molar-refractivity contribution is 5.23. The molecule has 0 heterocycles. The van der Waals surface area contributed by atoms with Crippen LogP contribution in [0.2, 0.25) is 0 Å². The van der Waals surface area contributed by atoms with E-state index in [1.165, 1.54) is 29.5 Å². The van der Waals surface area contributed by atoms with Crippen molar-refractivity contribution in [1.82, 2.24) is 10.2 Å². The van der Waals surface area contributed by atoms with Crippen LogP contribution in [0, 0.1) is 0 Å². The third-order valence-corrected chi connectivity index (χ3v) is 3.16. The van der Waals surface area contributed by atoms with E-state index >= 15 is 0 Å². The zero-order chi connectivity index (χ0) is 13.0. The van der Waals surface area contributed by atoms with Crippen molar-refractivity contribution in [1.29, 1.82) is 0 Å². The number of rotatable bonds is 7. The Balaban J connectivity index is 1.86. The first-order chi connectivity index (χ1) is 8.63. The van der Waals surface area contributed by atoms with E-state index in [-0.39, 0.29) is 0 Å². The van der Waals surface area contributed by atoms with Crippen molar-refractivity contribution < 1.29 is 0 Å². The van der Waals surface area contributed by atoms with E-state index in [0.29, 0.717) is 0 Å². The van der Waals surface area contributed by atoms with Crippen LogP contribution in [-0.4, -0.2) is 24.5 Å². The molecule has 0 radical (unpaired) electrons. The molecule has 1 aromatic carbocycles. The Bertz CT molecular complexity index is 407. The van der Waals surface area contributed by atoms with Gasteiger partial charge < -0.3 is 5.32 Å². The number of hydrogen-bond donors (Lipinski definition) is 1. The molecule has 1 saturated carbocycles. The standard InChI is InChI=1S/C16H24N2/c1-13(2)11-18(3)12-15-6-4-5-14(9-15)10-17-16-7-8-16/h4-6,9,16-17H,1,7-8,10-12H2,2-3H3. The second-order valence-electron chi connectivity index (χ2n) is 5.60. The van der Waals surface area contributed by atoms with Crippen molar-refractivity contribution in [2.75, 3.05) is 13.6 Å². The fourth-order valence-corrected chi connectivity index (χ4v) is 2.22. The Kier molecular flexibility index (Phi) is 4.56. The predicted molar refractivity (Wildman–Crippen MR) is 77.5 cm³/mol. The first-order valence-electron chi connectivity index (χ1n) is 6.77. The summed E-state index contributed by atoms with van der Waals surface area (Å²) in [6.07, 6.45) is 2.70. The number of hydrogen-bond acceptors (Lipinski definition) is 2. The van der Waals surface area contributed by atoms with Gasteiger partial charge in [0.2, 0.25) is 0 Å². The third-order valence-electron chi connectivity index (χ3n) is 3.16. The van der Waals surface area contributed by atoms with Gasteiger partial charge >= 0.3 is 0 Å². The number of nitrogens with one attached hydrogen (secondary N) is 1. The summed E-state index contributed by atoms with van der Waals surface area (Å²) in [6.45, 7) is 8.99. The Labute approximate surface area is 111 Å². The maximum atomic E-state index is 3.96. The topological polar surface area (TPSA) is 15.3 Å². The van der Waals surface area contributed by atoms with Gasteiger partial charge in [0.15, 0.2) is 0 Å². The van der Waals surface area contributed by atoms with Gasteiger partial charge in [-0.1, -0.05) is 36.4 Å². The van der Waals surface area contributed by atoms with Crippen LogP contribution in [-0.2, 0) is 13.1 Å². The molecular weight excluding hydrogens is 220 g/mol. The lowest BCUT2D eigenvalue weighted by Crippen LogP contribution is -2.20. The predicted octanol–water partition coefficient (Wildman–Crippen LogP) is 2.95. The lowest BCUT2D eigenvalue weighted by molar-refractivity contribution is 0.355. The van der Waals surface area contributed by atoms with E-state index < -0.39 is 0 Å². The molecule has 0 spiro atoms. The SMILES string of the molecule is C=C(C)CN(C)Cc1cccc(CNC2CC2)c1. The van der Waals surface area contributed by atoms with Crippen LogP contribution in [0.15, 0.2) is 36.4 Å². The van der Waals surface area contributed by atoms with E-state index in [1.54, 1.807) is 0 Å². The van der Waals surface area contributed by atoms with Gasteiger partial charge in [-0.25, -0.2) is 0 Å². The van der Waals surface area contributed by atoms with Crippen LogP contribution in [0.4, 0.5) is 0 Å². The van der Waals surface area contributed by atoms with Crippen LogP contribution in [0.1, 0.15) is 30.9 Å². The number of likely N-dealkylation sites (N-methyl/N-ethyl adjacent to an activating group) is 1. The third kappa shape index (κ3) is 4.63. The Hall–Kier alpha value is -1.12. The fraction of sp³-hybridized carbons (Fsp3) is 0.500. The Morgan fingerprint density at radius 3 is 2.78 bits per heavy atom. The van der Waals surface area contributed by atoms with Crippen molar-refractivity contribution in [3.8, 4) is 0 Å². The molecule has 1 fully saturated rings. The first kappa shape index (κ1) is 13.3. The van der Waals surface area contributed by atoms with Crippen molar-refractivity contribution in [3.63, 3.8) is 0 Å². The molecule has 0 unspecified atom stereocenters. The quantitative estimate of drug-likeness (QED) is 0.742. The fourth-order valence-electron chi connectivity index (χ4n) is 2.22. The molecule has 2 rings (SSSR count). The van der Waals surface area contributed by atoms with E-state index in [1.807, 2.05) is 0 Å². The van der Waals surface area contributed by atoms with E-state index in [0.717, 1.165) is 25.7 Å². The molecule has 1 aromatic rings. The van der Waals surface area contributed by atoms with Gasteiger partial charge in [-0.2, -0.15) is 0 Å². The van der Waals surface area contributed by atoms with Crippen LogP contribution in [0.5, 0.6) is 0 Å². The molecule has 2 heteroatoms. The smallest absolute Gasteiger partial charge is 0.0234 e.